The highest BCUT2D eigenvalue weighted by Crippen LogP contribution is 2.18. The van der Waals surface area contributed by atoms with Crippen LogP contribution in [0.3, 0.4) is 0 Å². The van der Waals surface area contributed by atoms with Crippen molar-refractivity contribution in [1.29, 1.82) is 0 Å². The third kappa shape index (κ3) is 4.63. The molecule has 0 saturated heterocycles. The Hall–Kier alpha value is -1.74. The van der Waals surface area contributed by atoms with E-state index < -0.39 is 0 Å². The van der Waals surface area contributed by atoms with Gasteiger partial charge in [0.15, 0.2) is 5.16 Å². The molecule has 2 N–H and O–H groups in total. The van der Waals surface area contributed by atoms with Crippen LogP contribution in [-0.2, 0) is 11.2 Å². The Morgan fingerprint density at radius 2 is 2.23 bits per heavy atom. The molecule has 0 radical (unpaired) electrons. The quantitative estimate of drug-likeness (QED) is 0.617. The molecule has 0 bridgehead atoms. The number of aryl methyl sites for hydroxylation is 1. The highest BCUT2D eigenvalue weighted by molar-refractivity contribution is 7.99. The maximum Gasteiger partial charge on any atom is 0.251 e. The first-order valence-corrected chi connectivity index (χ1v) is 8.64. The summed E-state index contributed by atoms with van der Waals surface area (Å²) in [5.74, 6) is 0.0941. The van der Waals surface area contributed by atoms with E-state index in [1.54, 1.807) is 0 Å². The molecule has 2 aromatic rings. The van der Waals surface area contributed by atoms with Crippen molar-refractivity contribution in [3.63, 3.8) is 0 Å². The lowest BCUT2D eigenvalue weighted by molar-refractivity contribution is -0.113. The Balaban J connectivity index is 1.94. The summed E-state index contributed by atoms with van der Waals surface area (Å²) in [6, 6.07) is 1.47. The van der Waals surface area contributed by atoms with E-state index in [1.807, 2.05) is 20.8 Å². The summed E-state index contributed by atoms with van der Waals surface area (Å²) < 4.78 is 0. The van der Waals surface area contributed by atoms with Gasteiger partial charge in [-0.1, -0.05) is 43.9 Å². The van der Waals surface area contributed by atoms with Gasteiger partial charge in [0.25, 0.3) is 5.56 Å². The number of rotatable bonds is 6. The zero-order chi connectivity index (χ0) is 16.1. The second-order valence-corrected chi connectivity index (χ2v) is 6.85. The van der Waals surface area contributed by atoms with Crippen molar-refractivity contribution in [3.05, 3.63) is 27.1 Å². The molecule has 118 valence electrons. The number of nitrogens with zero attached hydrogens (tertiary/aromatic N) is 3. The van der Waals surface area contributed by atoms with Gasteiger partial charge in [0.2, 0.25) is 11.0 Å². The van der Waals surface area contributed by atoms with Gasteiger partial charge in [-0.05, 0) is 12.3 Å². The number of carbonyl (C=O) groups excluding carboxylic acids is 1. The maximum atomic E-state index is 11.9. The molecule has 0 aliphatic carbocycles. The van der Waals surface area contributed by atoms with E-state index in [2.05, 4.69) is 25.5 Å². The van der Waals surface area contributed by atoms with Gasteiger partial charge in [0.05, 0.1) is 11.4 Å². The van der Waals surface area contributed by atoms with Crippen LogP contribution in [0.4, 0.5) is 5.13 Å². The number of nitrogens with one attached hydrogen (secondary N) is 2. The van der Waals surface area contributed by atoms with Crippen LogP contribution in [0, 0.1) is 0 Å². The van der Waals surface area contributed by atoms with Crippen LogP contribution in [-0.4, -0.2) is 31.8 Å². The molecule has 0 saturated carbocycles. The lowest BCUT2D eigenvalue weighted by atomic mass is 10.1. The number of carbonyl (C=O) groups is 1. The van der Waals surface area contributed by atoms with Gasteiger partial charge < -0.3 is 4.98 Å². The van der Waals surface area contributed by atoms with E-state index in [0.717, 1.165) is 11.4 Å². The van der Waals surface area contributed by atoms with Crippen LogP contribution in [0.25, 0.3) is 0 Å². The van der Waals surface area contributed by atoms with Gasteiger partial charge in [-0.25, -0.2) is 4.98 Å². The minimum absolute atomic E-state index is 0.144. The summed E-state index contributed by atoms with van der Waals surface area (Å²) in [7, 11) is 0. The molecule has 0 aliphatic rings. The average Bonchev–Trinajstić information content (AvgIpc) is 2.92. The lowest BCUT2D eigenvalue weighted by Crippen LogP contribution is -2.16. The second kappa shape index (κ2) is 7.50. The van der Waals surface area contributed by atoms with Crippen LogP contribution in [0.2, 0.25) is 0 Å². The predicted octanol–water partition coefficient (Wildman–Crippen LogP) is 2.04. The number of anilines is 1. The highest BCUT2D eigenvalue weighted by Gasteiger charge is 2.10. The number of H-pyrrole nitrogens is 1. The summed E-state index contributed by atoms with van der Waals surface area (Å²) >= 11 is 2.54. The van der Waals surface area contributed by atoms with E-state index in [9.17, 15) is 9.59 Å². The first-order valence-electron chi connectivity index (χ1n) is 6.84. The van der Waals surface area contributed by atoms with E-state index in [4.69, 9.17) is 0 Å². The third-order valence-electron chi connectivity index (χ3n) is 2.69. The number of hydrogen-bond acceptors (Lipinski definition) is 7. The van der Waals surface area contributed by atoms with Gasteiger partial charge >= 0.3 is 0 Å². The van der Waals surface area contributed by atoms with E-state index in [-0.39, 0.29) is 23.1 Å². The SMILES string of the molecule is CCc1nnc(NC(=O)CSc2nc(C(C)C)cc(=O)[nH]2)s1. The van der Waals surface area contributed by atoms with Gasteiger partial charge in [0, 0.05) is 6.07 Å². The standard InChI is InChI=1S/C13H17N5O2S2/c1-4-11-17-18-13(22-11)16-10(20)6-21-12-14-8(7(2)3)5-9(19)15-12/h5,7H,4,6H2,1-3H3,(H,14,15,19)(H,16,18,20). The summed E-state index contributed by atoms with van der Waals surface area (Å²) in [4.78, 5) is 30.4. The van der Waals surface area contributed by atoms with Crippen molar-refractivity contribution >= 4 is 34.1 Å². The van der Waals surface area contributed by atoms with Gasteiger partial charge in [0.1, 0.15) is 5.01 Å². The number of aromatic nitrogens is 4. The van der Waals surface area contributed by atoms with Gasteiger partial charge in [-0.15, -0.1) is 10.2 Å². The van der Waals surface area contributed by atoms with E-state index in [1.165, 1.54) is 29.2 Å². The molecule has 0 aromatic carbocycles. The summed E-state index contributed by atoms with van der Waals surface area (Å²) in [5, 5.41) is 12.3. The highest BCUT2D eigenvalue weighted by atomic mass is 32.2. The summed E-state index contributed by atoms with van der Waals surface area (Å²) in [6.45, 7) is 5.90. The lowest BCUT2D eigenvalue weighted by Gasteiger charge is -2.06. The van der Waals surface area contributed by atoms with Crippen LogP contribution in [0.1, 0.15) is 37.4 Å². The molecule has 2 aromatic heterocycles. The minimum Gasteiger partial charge on any atom is -0.301 e. The summed E-state index contributed by atoms with van der Waals surface area (Å²) in [5.41, 5.74) is 0.502. The Morgan fingerprint density at radius 1 is 1.45 bits per heavy atom. The van der Waals surface area contributed by atoms with Crippen molar-refractivity contribution in [2.24, 2.45) is 0 Å². The molecule has 2 rings (SSSR count). The molecule has 0 unspecified atom stereocenters. The molecular formula is C13H17N5O2S2. The van der Waals surface area contributed by atoms with E-state index in [0.29, 0.717) is 16.0 Å². The Labute approximate surface area is 136 Å². The Kier molecular flexibility index (Phi) is 5.67. The molecular weight excluding hydrogens is 322 g/mol. The average molecular weight is 339 g/mol. The molecule has 7 nitrogen and oxygen atoms in total. The third-order valence-corrected chi connectivity index (χ3v) is 4.54. The predicted molar refractivity (Wildman–Crippen MR) is 87.6 cm³/mol. The first kappa shape index (κ1) is 16.6. The normalized spacial score (nSPS) is 10.9. The van der Waals surface area contributed by atoms with Crippen molar-refractivity contribution in [2.75, 3.05) is 11.1 Å². The second-order valence-electron chi connectivity index (χ2n) is 4.82. The van der Waals surface area contributed by atoms with Crippen LogP contribution >= 0.6 is 23.1 Å². The van der Waals surface area contributed by atoms with Crippen molar-refractivity contribution in [1.82, 2.24) is 20.2 Å². The largest absolute Gasteiger partial charge is 0.301 e. The minimum atomic E-state index is -0.210. The van der Waals surface area contributed by atoms with Crippen molar-refractivity contribution in [2.45, 2.75) is 38.3 Å². The molecule has 2 heterocycles. The topological polar surface area (TPSA) is 101 Å². The number of thioether (sulfide) groups is 1. The van der Waals surface area contributed by atoms with Crippen LogP contribution in [0.15, 0.2) is 16.0 Å². The number of amides is 1. The molecule has 9 heteroatoms. The Bertz CT molecular complexity index is 710. The molecule has 22 heavy (non-hydrogen) atoms. The zero-order valence-corrected chi connectivity index (χ0v) is 14.2. The van der Waals surface area contributed by atoms with Crippen LogP contribution in [0.5, 0.6) is 0 Å². The fraction of sp³-hybridized carbons (Fsp3) is 0.462. The molecule has 0 spiro atoms. The fourth-order valence-corrected chi connectivity index (χ4v) is 2.93. The zero-order valence-electron chi connectivity index (χ0n) is 12.5. The first-order chi connectivity index (χ1) is 10.5. The maximum absolute atomic E-state index is 11.9. The van der Waals surface area contributed by atoms with Crippen molar-refractivity contribution < 1.29 is 4.79 Å². The molecule has 0 aliphatic heterocycles. The van der Waals surface area contributed by atoms with Crippen LogP contribution < -0.4 is 10.9 Å². The monoisotopic (exact) mass is 339 g/mol. The van der Waals surface area contributed by atoms with Crippen molar-refractivity contribution in [3.8, 4) is 0 Å². The Morgan fingerprint density at radius 3 is 2.86 bits per heavy atom. The fourth-order valence-electron chi connectivity index (χ4n) is 1.55. The summed E-state index contributed by atoms with van der Waals surface area (Å²) in [6.07, 6.45) is 0.787. The molecule has 0 atom stereocenters. The van der Waals surface area contributed by atoms with Gasteiger partial charge in [-0.2, -0.15) is 0 Å². The molecule has 1 amide bonds. The molecule has 0 fully saturated rings. The van der Waals surface area contributed by atoms with Gasteiger partial charge in [-0.3, -0.25) is 14.9 Å². The number of hydrogen-bond donors (Lipinski definition) is 2. The smallest absolute Gasteiger partial charge is 0.251 e. The van der Waals surface area contributed by atoms with E-state index >= 15 is 0 Å². The number of aromatic amines is 1.